The van der Waals surface area contributed by atoms with Crippen molar-refractivity contribution in [1.82, 2.24) is 4.98 Å². The molecule has 2 heterocycles. The minimum Gasteiger partial charge on any atom is -0.375 e. The zero-order chi connectivity index (χ0) is 13.7. The van der Waals surface area contributed by atoms with Gasteiger partial charge in [0.1, 0.15) is 5.82 Å². The third-order valence-electron chi connectivity index (χ3n) is 3.58. The van der Waals surface area contributed by atoms with Crippen LogP contribution in [-0.2, 0) is 17.7 Å². The summed E-state index contributed by atoms with van der Waals surface area (Å²) in [4.78, 5) is 7.11. The highest BCUT2D eigenvalue weighted by Gasteiger charge is 2.20. The Morgan fingerprint density at radius 1 is 1.42 bits per heavy atom. The number of anilines is 1. The molecular weight excluding hydrogens is 238 g/mol. The Labute approximate surface area is 116 Å². The first-order valence-electron chi connectivity index (χ1n) is 7.33. The molecule has 2 rings (SSSR count). The van der Waals surface area contributed by atoms with Crippen molar-refractivity contribution in [2.75, 3.05) is 24.6 Å². The number of nitrogens with zero attached hydrogens (tertiary/aromatic N) is 2. The van der Waals surface area contributed by atoms with Crippen molar-refractivity contribution in [3.8, 4) is 0 Å². The van der Waals surface area contributed by atoms with Crippen molar-refractivity contribution in [1.29, 1.82) is 0 Å². The molecule has 0 spiro atoms. The number of aryl methyl sites for hydroxylation is 1. The van der Waals surface area contributed by atoms with Crippen LogP contribution in [0.1, 0.15) is 37.9 Å². The van der Waals surface area contributed by atoms with E-state index in [9.17, 15) is 0 Å². The third-order valence-corrected chi connectivity index (χ3v) is 3.58. The van der Waals surface area contributed by atoms with E-state index in [1.54, 1.807) is 0 Å². The standard InChI is InChI=1S/C15H25N3O/c1-3-5-13-8-12(10-16)9-15(17-13)18-6-7-19-14(4-2)11-18/h8-9,14H,3-7,10-11,16H2,1-2H3. The molecule has 0 saturated carbocycles. The number of ether oxygens (including phenoxy) is 1. The Kier molecular flexibility index (Phi) is 5.16. The molecule has 0 amide bonds. The van der Waals surface area contributed by atoms with Crippen molar-refractivity contribution in [3.63, 3.8) is 0 Å². The van der Waals surface area contributed by atoms with Gasteiger partial charge in [-0.05, 0) is 30.5 Å². The monoisotopic (exact) mass is 263 g/mol. The van der Waals surface area contributed by atoms with Crippen LogP contribution in [-0.4, -0.2) is 30.8 Å². The molecule has 0 aliphatic carbocycles. The molecule has 106 valence electrons. The minimum atomic E-state index is 0.326. The second kappa shape index (κ2) is 6.87. The van der Waals surface area contributed by atoms with E-state index in [2.05, 4.69) is 30.9 Å². The molecule has 4 nitrogen and oxygen atoms in total. The van der Waals surface area contributed by atoms with Gasteiger partial charge in [-0.2, -0.15) is 0 Å². The van der Waals surface area contributed by atoms with E-state index in [4.69, 9.17) is 15.5 Å². The van der Waals surface area contributed by atoms with Gasteiger partial charge < -0.3 is 15.4 Å². The summed E-state index contributed by atoms with van der Waals surface area (Å²) >= 11 is 0. The number of rotatable bonds is 5. The fraction of sp³-hybridized carbons (Fsp3) is 0.667. The van der Waals surface area contributed by atoms with Crippen molar-refractivity contribution in [2.24, 2.45) is 5.73 Å². The number of aromatic nitrogens is 1. The van der Waals surface area contributed by atoms with Crippen LogP contribution in [0.4, 0.5) is 5.82 Å². The van der Waals surface area contributed by atoms with Crippen molar-refractivity contribution < 1.29 is 4.74 Å². The summed E-state index contributed by atoms with van der Waals surface area (Å²) in [6.45, 7) is 7.56. The number of morpholine rings is 1. The van der Waals surface area contributed by atoms with Crippen molar-refractivity contribution in [2.45, 2.75) is 45.8 Å². The van der Waals surface area contributed by atoms with Crippen molar-refractivity contribution >= 4 is 5.82 Å². The highest BCUT2D eigenvalue weighted by Crippen LogP contribution is 2.19. The lowest BCUT2D eigenvalue weighted by Gasteiger charge is -2.33. The molecule has 0 aromatic carbocycles. The fourth-order valence-electron chi connectivity index (χ4n) is 2.47. The van der Waals surface area contributed by atoms with Gasteiger partial charge in [0, 0.05) is 25.3 Å². The van der Waals surface area contributed by atoms with E-state index in [1.165, 1.54) is 5.56 Å². The van der Waals surface area contributed by atoms with Gasteiger partial charge in [0.2, 0.25) is 0 Å². The minimum absolute atomic E-state index is 0.326. The lowest BCUT2D eigenvalue weighted by Crippen LogP contribution is -2.42. The van der Waals surface area contributed by atoms with Crippen LogP contribution in [0.25, 0.3) is 0 Å². The molecule has 0 radical (unpaired) electrons. The van der Waals surface area contributed by atoms with Gasteiger partial charge in [-0.25, -0.2) is 4.98 Å². The van der Waals surface area contributed by atoms with E-state index in [0.29, 0.717) is 12.6 Å². The third kappa shape index (κ3) is 3.67. The normalized spacial score (nSPS) is 19.7. The topological polar surface area (TPSA) is 51.4 Å². The first-order valence-corrected chi connectivity index (χ1v) is 7.33. The summed E-state index contributed by atoms with van der Waals surface area (Å²) in [6, 6.07) is 4.25. The van der Waals surface area contributed by atoms with Crippen LogP contribution in [0.5, 0.6) is 0 Å². The van der Waals surface area contributed by atoms with Gasteiger partial charge >= 0.3 is 0 Å². The molecule has 1 saturated heterocycles. The smallest absolute Gasteiger partial charge is 0.129 e. The Balaban J connectivity index is 2.19. The number of nitrogens with two attached hydrogens (primary N) is 1. The molecule has 19 heavy (non-hydrogen) atoms. The molecule has 2 N–H and O–H groups in total. The van der Waals surface area contributed by atoms with Gasteiger partial charge in [0.05, 0.1) is 12.7 Å². The zero-order valence-corrected chi connectivity index (χ0v) is 12.1. The highest BCUT2D eigenvalue weighted by molar-refractivity contribution is 5.43. The molecule has 1 aliphatic rings. The maximum atomic E-state index is 5.80. The predicted molar refractivity (Wildman–Crippen MR) is 78.4 cm³/mol. The second-order valence-electron chi connectivity index (χ2n) is 5.13. The first-order chi connectivity index (χ1) is 9.26. The molecule has 4 heteroatoms. The maximum absolute atomic E-state index is 5.80. The predicted octanol–water partition coefficient (Wildman–Crippen LogP) is 2.11. The first kappa shape index (κ1) is 14.3. The van der Waals surface area contributed by atoms with Crippen LogP contribution in [0, 0.1) is 0 Å². The fourth-order valence-corrected chi connectivity index (χ4v) is 2.47. The van der Waals surface area contributed by atoms with Gasteiger partial charge in [-0.15, -0.1) is 0 Å². The zero-order valence-electron chi connectivity index (χ0n) is 12.1. The molecule has 1 atom stereocenters. The Morgan fingerprint density at radius 2 is 2.26 bits per heavy atom. The Hall–Kier alpha value is -1.13. The SMILES string of the molecule is CCCc1cc(CN)cc(N2CCOC(CC)C2)n1. The van der Waals surface area contributed by atoms with E-state index < -0.39 is 0 Å². The summed E-state index contributed by atoms with van der Waals surface area (Å²) in [5.41, 5.74) is 8.12. The lowest BCUT2D eigenvalue weighted by atomic mass is 10.1. The van der Waals surface area contributed by atoms with E-state index >= 15 is 0 Å². The second-order valence-corrected chi connectivity index (χ2v) is 5.13. The maximum Gasteiger partial charge on any atom is 0.129 e. The summed E-state index contributed by atoms with van der Waals surface area (Å²) in [6.07, 6.45) is 3.50. The van der Waals surface area contributed by atoms with Gasteiger partial charge in [0.25, 0.3) is 0 Å². The molecule has 0 bridgehead atoms. The van der Waals surface area contributed by atoms with Crippen LogP contribution in [0.3, 0.4) is 0 Å². The lowest BCUT2D eigenvalue weighted by molar-refractivity contribution is 0.0381. The molecule has 1 aliphatic heterocycles. The number of hydrogen-bond donors (Lipinski definition) is 1. The summed E-state index contributed by atoms with van der Waals surface area (Å²) in [5.74, 6) is 1.06. The highest BCUT2D eigenvalue weighted by atomic mass is 16.5. The van der Waals surface area contributed by atoms with Crippen LogP contribution < -0.4 is 10.6 Å². The molecule has 1 fully saturated rings. The molecule has 1 aromatic rings. The summed E-state index contributed by atoms with van der Waals surface area (Å²) in [5, 5.41) is 0. The van der Waals surface area contributed by atoms with Gasteiger partial charge in [-0.3, -0.25) is 0 Å². The Bertz CT molecular complexity index is 408. The largest absolute Gasteiger partial charge is 0.375 e. The van der Waals surface area contributed by atoms with Crippen LogP contribution in [0.2, 0.25) is 0 Å². The molecule has 1 aromatic heterocycles. The van der Waals surface area contributed by atoms with Crippen LogP contribution in [0.15, 0.2) is 12.1 Å². The van der Waals surface area contributed by atoms with E-state index in [0.717, 1.165) is 50.5 Å². The Morgan fingerprint density at radius 3 is 2.95 bits per heavy atom. The van der Waals surface area contributed by atoms with Crippen LogP contribution >= 0.6 is 0 Å². The molecule has 1 unspecified atom stereocenters. The summed E-state index contributed by atoms with van der Waals surface area (Å²) in [7, 11) is 0. The summed E-state index contributed by atoms with van der Waals surface area (Å²) < 4.78 is 5.72. The average Bonchev–Trinajstić information content (AvgIpc) is 2.47. The molecular formula is C15H25N3O. The van der Waals surface area contributed by atoms with Gasteiger partial charge in [0.15, 0.2) is 0 Å². The van der Waals surface area contributed by atoms with Crippen molar-refractivity contribution in [3.05, 3.63) is 23.4 Å². The van der Waals surface area contributed by atoms with E-state index in [1.807, 2.05) is 0 Å². The quantitative estimate of drug-likeness (QED) is 0.884. The average molecular weight is 263 g/mol. The van der Waals surface area contributed by atoms with Gasteiger partial charge in [-0.1, -0.05) is 20.3 Å². The number of pyridine rings is 1. The number of hydrogen-bond acceptors (Lipinski definition) is 4. The van der Waals surface area contributed by atoms with E-state index in [-0.39, 0.29) is 0 Å².